The van der Waals surface area contributed by atoms with Crippen LogP contribution < -0.4 is 0 Å². The van der Waals surface area contributed by atoms with Gasteiger partial charge in [0.2, 0.25) is 0 Å². The van der Waals surface area contributed by atoms with E-state index >= 15 is 0 Å². The Morgan fingerprint density at radius 3 is 2.88 bits per heavy atom. The average molecular weight is 430 g/mol. The van der Waals surface area contributed by atoms with Crippen LogP contribution in [0, 0.1) is 12.8 Å². The molecule has 1 unspecified atom stereocenters. The number of aromatic nitrogens is 2. The number of furan rings is 1. The van der Waals surface area contributed by atoms with Crippen LogP contribution in [0.5, 0.6) is 0 Å². The molecule has 1 aliphatic heterocycles. The summed E-state index contributed by atoms with van der Waals surface area (Å²) in [6.45, 7) is 5.08. The molecule has 0 bridgehead atoms. The number of hydrogen-bond donors (Lipinski definition) is 0. The molecule has 1 fully saturated rings. The third-order valence-corrected chi connectivity index (χ3v) is 6.23. The van der Waals surface area contributed by atoms with Gasteiger partial charge < -0.3 is 18.6 Å². The fourth-order valence-corrected chi connectivity index (χ4v) is 4.53. The fourth-order valence-electron chi connectivity index (χ4n) is 4.53. The third-order valence-electron chi connectivity index (χ3n) is 6.23. The maximum Gasteiger partial charge on any atom is 0.254 e. The third kappa shape index (κ3) is 4.18. The molecule has 2 aromatic heterocycles. The molecule has 0 aliphatic carbocycles. The lowest BCUT2D eigenvalue weighted by molar-refractivity contribution is 0.0736. The average Bonchev–Trinajstić information content (AvgIpc) is 3.38. The van der Waals surface area contributed by atoms with E-state index in [1.807, 2.05) is 60.5 Å². The minimum Gasteiger partial charge on any atom is -0.464 e. The molecule has 164 valence electrons. The predicted molar refractivity (Wildman–Crippen MR) is 123 cm³/mol. The summed E-state index contributed by atoms with van der Waals surface area (Å²) in [6, 6.07) is 16.0. The highest BCUT2D eigenvalue weighted by atomic mass is 16.5. The van der Waals surface area contributed by atoms with Crippen LogP contribution in [0.3, 0.4) is 0 Å². The summed E-state index contributed by atoms with van der Waals surface area (Å²) in [6.07, 6.45) is 6.31. The molecule has 2 aromatic carbocycles. The quantitative estimate of drug-likeness (QED) is 0.474. The predicted octanol–water partition coefficient (Wildman–Crippen LogP) is 4.32. The van der Waals surface area contributed by atoms with Gasteiger partial charge in [-0.2, -0.15) is 0 Å². The number of carbonyl (C=O) groups is 1. The lowest BCUT2D eigenvalue weighted by Crippen LogP contribution is -2.37. The van der Waals surface area contributed by atoms with Crippen molar-refractivity contribution in [1.82, 2.24) is 14.5 Å². The minimum atomic E-state index is 0.0652. The summed E-state index contributed by atoms with van der Waals surface area (Å²) in [5, 5.41) is 1.13. The van der Waals surface area contributed by atoms with Gasteiger partial charge in [-0.3, -0.25) is 4.79 Å². The zero-order valence-corrected chi connectivity index (χ0v) is 18.2. The molecule has 1 aliphatic rings. The van der Waals surface area contributed by atoms with Gasteiger partial charge in [-0.15, -0.1) is 0 Å². The molecule has 1 atom stereocenters. The van der Waals surface area contributed by atoms with Gasteiger partial charge in [0.05, 0.1) is 19.5 Å². The Bertz CT molecular complexity index is 1230. The number of benzene rings is 2. The van der Waals surface area contributed by atoms with E-state index in [4.69, 9.17) is 9.15 Å². The summed E-state index contributed by atoms with van der Waals surface area (Å²) in [5.41, 5.74) is 3.88. The van der Waals surface area contributed by atoms with Crippen LogP contribution in [0.1, 0.15) is 27.3 Å². The Kier molecular flexibility index (Phi) is 5.77. The van der Waals surface area contributed by atoms with Crippen LogP contribution >= 0.6 is 0 Å². The maximum atomic E-state index is 13.6. The Hall–Kier alpha value is -3.38. The lowest BCUT2D eigenvalue weighted by atomic mass is 9.96. The summed E-state index contributed by atoms with van der Waals surface area (Å²) in [7, 11) is 0. The van der Waals surface area contributed by atoms with E-state index in [9.17, 15) is 4.79 Å². The maximum absolute atomic E-state index is 13.6. The number of rotatable bonds is 5. The second-order valence-corrected chi connectivity index (χ2v) is 8.41. The van der Waals surface area contributed by atoms with Crippen LogP contribution in [0.15, 0.2) is 71.6 Å². The minimum absolute atomic E-state index is 0.0652. The lowest BCUT2D eigenvalue weighted by Gasteiger charge is -2.25. The highest BCUT2D eigenvalue weighted by Crippen LogP contribution is 2.24. The van der Waals surface area contributed by atoms with Crippen LogP contribution in [-0.4, -0.2) is 46.7 Å². The molecular weight excluding hydrogens is 402 g/mol. The van der Waals surface area contributed by atoms with Crippen molar-refractivity contribution in [2.75, 3.05) is 26.3 Å². The van der Waals surface area contributed by atoms with Gasteiger partial charge in [0, 0.05) is 48.9 Å². The number of carbonyl (C=O) groups excluding carboxylic acids is 1. The van der Waals surface area contributed by atoms with Crippen LogP contribution in [-0.2, 0) is 17.7 Å². The molecule has 6 nitrogen and oxygen atoms in total. The number of aryl methyl sites for hydroxylation is 1. The molecule has 0 spiro atoms. The second kappa shape index (κ2) is 9.01. The first-order valence-electron chi connectivity index (χ1n) is 11.1. The molecule has 0 N–H and O–H groups in total. The number of imidazole rings is 1. The Balaban J connectivity index is 1.36. The van der Waals surface area contributed by atoms with Crippen molar-refractivity contribution in [3.8, 4) is 0 Å². The molecule has 5 rings (SSSR count). The summed E-state index contributed by atoms with van der Waals surface area (Å²) < 4.78 is 13.5. The van der Waals surface area contributed by atoms with Crippen molar-refractivity contribution < 1.29 is 13.9 Å². The summed E-state index contributed by atoms with van der Waals surface area (Å²) in [4.78, 5) is 19.8. The zero-order chi connectivity index (χ0) is 21.9. The van der Waals surface area contributed by atoms with Gasteiger partial charge in [-0.1, -0.05) is 30.3 Å². The Morgan fingerprint density at radius 2 is 2.00 bits per heavy atom. The van der Waals surface area contributed by atoms with Gasteiger partial charge in [0.15, 0.2) is 0 Å². The van der Waals surface area contributed by atoms with Crippen molar-refractivity contribution in [1.29, 1.82) is 0 Å². The molecule has 0 saturated carbocycles. The van der Waals surface area contributed by atoms with Crippen molar-refractivity contribution in [3.63, 3.8) is 0 Å². The highest BCUT2D eigenvalue weighted by molar-refractivity contribution is 5.95. The van der Waals surface area contributed by atoms with Gasteiger partial charge in [0.25, 0.3) is 5.91 Å². The van der Waals surface area contributed by atoms with Gasteiger partial charge in [0.1, 0.15) is 11.4 Å². The van der Waals surface area contributed by atoms with Gasteiger partial charge >= 0.3 is 0 Å². The van der Waals surface area contributed by atoms with E-state index in [1.54, 1.807) is 12.5 Å². The van der Waals surface area contributed by atoms with Crippen molar-refractivity contribution in [2.24, 2.45) is 5.92 Å². The van der Waals surface area contributed by atoms with E-state index < -0.39 is 0 Å². The molecule has 1 saturated heterocycles. The Labute approximate surface area is 187 Å². The Morgan fingerprint density at radius 1 is 1.12 bits per heavy atom. The molecule has 0 radical (unpaired) electrons. The van der Waals surface area contributed by atoms with E-state index in [1.165, 1.54) is 5.56 Å². The zero-order valence-electron chi connectivity index (χ0n) is 18.2. The number of fused-ring (bicyclic) bond motifs is 1. The fraction of sp³-hybridized carbons (Fsp3) is 0.308. The number of ether oxygens (including phenoxy) is 1. The molecule has 32 heavy (non-hydrogen) atoms. The first kappa shape index (κ1) is 20.5. The molecule has 1 amide bonds. The number of amides is 1. The van der Waals surface area contributed by atoms with E-state index in [-0.39, 0.29) is 11.8 Å². The first-order valence-corrected chi connectivity index (χ1v) is 11.1. The molecule has 4 aromatic rings. The van der Waals surface area contributed by atoms with Crippen molar-refractivity contribution >= 4 is 16.9 Å². The number of nitrogens with zero attached hydrogens (tertiary/aromatic N) is 3. The SMILES string of the molecule is Cc1nccn1Cc1ccccc1C(=O)N1CCOCC(Cc2cccc3occc23)C1. The first-order chi connectivity index (χ1) is 15.7. The van der Waals surface area contributed by atoms with Crippen LogP contribution in [0.2, 0.25) is 0 Å². The summed E-state index contributed by atoms with van der Waals surface area (Å²) in [5.74, 6) is 1.23. The standard InChI is InChI=1S/C26H27N3O3/c1-19-27-10-11-28(19)17-22-5-2-3-7-24(22)26(30)29-12-14-31-18-20(16-29)15-21-6-4-8-25-23(21)9-13-32-25/h2-11,13,20H,12,14-18H2,1H3. The monoisotopic (exact) mass is 429 g/mol. The van der Waals surface area contributed by atoms with Gasteiger partial charge in [-0.05, 0) is 42.7 Å². The van der Waals surface area contributed by atoms with E-state index in [2.05, 4.69) is 15.6 Å². The normalized spacial score (nSPS) is 16.9. The number of hydrogen-bond acceptors (Lipinski definition) is 4. The second-order valence-electron chi connectivity index (χ2n) is 8.41. The molecular formula is C26H27N3O3. The van der Waals surface area contributed by atoms with Crippen molar-refractivity contribution in [2.45, 2.75) is 19.9 Å². The highest BCUT2D eigenvalue weighted by Gasteiger charge is 2.25. The summed E-state index contributed by atoms with van der Waals surface area (Å²) >= 11 is 0. The van der Waals surface area contributed by atoms with Crippen molar-refractivity contribution in [3.05, 3.63) is 89.7 Å². The topological polar surface area (TPSA) is 60.5 Å². The van der Waals surface area contributed by atoms with E-state index in [0.29, 0.717) is 32.8 Å². The van der Waals surface area contributed by atoms with Crippen LogP contribution in [0.4, 0.5) is 0 Å². The molecule has 6 heteroatoms. The smallest absolute Gasteiger partial charge is 0.254 e. The largest absolute Gasteiger partial charge is 0.464 e. The molecule has 3 heterocycles. The van der Waals surface area contributed by atoms with Crippen LogP contribution in [0.25, 0.3) is 11.0 Å². The van der Waals surface area contributed by atoms with E-state index in [0.717, 1.165) is 34.3 Å². The van der Waals surface area contributed by atoms with Gasteiger partial charge in [-0.25, -0.2) is 4.98 Å².